The van der Waals surface area contributed by atoms with E-state index < -0.39 is 0 Å². The second-order valence-corrected chi connectivity index (χ2v) is 8.95. The zero-order valence-electron chi connectivity index (χ0n) is 15.8. The van der Waals surface area contributed by atoms with Gasteiger partial charge in [0, 0.05) is 37.7 Å². The van der Waals surface area contributed by atoms with E-state index >= 15 is 0 Å². The summed E-state index contributed by atoms with van der Waals surface area (Å²) in [6.07, 6.45) is 5.17. The van der Waals surface area contributed by atoms with Crippen molar-refractivity contribution < 1.29 is 14.5 Å². The maximum atomic E-state index is 13.3. The summed E-state index contributed by atoms with van der Waals surface area (Å²) in [7, 11) is 4.14. The molecule has 2 aliphatic rings. The average Bonchev–Trinajstić information content (AvgIpc) is 2.90. The quantitative estimate of drug-likeness (QED) is 0.856. The molecule has 2 heterocycles. The Morgan fingerprint density at radius 3 is 2.56 bits per heavy atom. The fourth-order valence-electron chi connectivity index (χ4n) is 4.05. The molecule has 1 fully saturated rings. The number of likely N-dealkylation sites (tertiary alicyclic amines) is 1. The lowest BCUT2D eigenvalue weighted by Crippen LogP contribution is -3.10. The Morgan fingerprint density at radius 1 is 1.24 bits per heavy atom. The predicted molar refractivity (Wildman–Crippen MR) is 102 cm³/mol. The molecule has 0 aromatic carbocycles. The van der Waals surface area contributed by atoms with Gasteiger partial charge in [-0.3, -0.25) is 9.59 Å². The fourth-order valence-corrected chi connectivity index (χ4v) is 5.50. The van der Waals surface area contributed by atoms with E-state index in [9.17, 15) is 9.59 Å². The van der Waals surface area contributed by atoms with Gasteiger partial charge in [-0.25, -0.2) is 0 Å². The van der Waals surface area contributed by atoms with Gasteiger partial charge >= 0.3 is 0 Å². The number of carbonyl (C=O) groups excluding carboxylic acids is 2. The molecule has 0 saturated carbocycles. The molecule has 1 saturated heterocycles. The number of nitrogens with zero attached hydrogens (tertiary/aromatic N) is 1. The van der Waals surface area contributed by atoms with Crippen molar-refractivity contribution in [1.82, 2.24) is 4.90 Å². The molecule has 2 amide bonds. The Hall–Kier alpha value is -1.40. The van der Waals surface area contributed by atoms with Crippen molar-refractivity contribution in [3.8, 4) is 0 Å². The molecule has 1 aliphatic heterocycles. The van der Waals surface area contributed by atoms with Crippen molar-refractivity contribution in [3.63, 3.8) is 0 Å². The second-order valence-electron chi connectivity index (χ2n) is 7.84. The maximum absolute atomic E-state index is 13.3. The Balaban J connectivity index is 1.88. The smallest absolute Gasteiger partial charge is 0.257 e. The number of quaternary nitrogens is 1. The largest absolute Gasteiger partial charge is 0.338 e. The summed E-state index contributed by atoms with van der Waals surface area (Å²) in [5.74, 6) is 0.625. The highest BCUT2D eigenvalue weighted by molar-refractivity contribution is 7.17. The number of thiophene rings is 1. The van der Waals surface area contributed by atoms with Crippen LogP contribution in [0, 0.1) is 5.92 Å². The van der Waals surface area contributed by atoms with Gasteiger partial charge in [-0.1, -0.05) is 6.92 Å². The van der Waals surface area contributed by atoms with Crippen LogP contribution >= 0.6 is 11.3 Å². The van der Waals surface area contributed by atoms with Gasteiger partial charge in [0.25, 0.3) is 5.91 Å². The summed E-state index contributed by atoms with van der Waals surface area (Å²) < 4.78 is 0. The number of fused-ring (bicyclic) bond motifs is 1. The highest BCUT2D eigenvalue weighted by Gasteiger charge is 2.33. The average molecular weight is 365 g/mol. The van der Waals surface area contributed by atoms with Crippen LogP contribution in [0.5, 0.6) is 0 Å². The standard InChI is InChI=1S/C19H29N3O2S/c1-12-5-6-15-16(11-12)25-18(20-13(2)23)17(15)19(24)22(4)14-7-9-21(3)10-8-14/h12,14H,5-11H2,1-4H3,(H,20,23)/p+1. The molecule has 0 radical (unpaired) electrons. The molecule has 0 spiro atoms. The highest BCUT2D eigenvalue weighted by atomic mass is 32.1. The maximum Gasteiger partial charge on any atom is 0.257 e. The van der Waals surface area contributed by atoms with Crippen molar-refractivity contribution in [1.29, 1.82) is 0 Å². The molecule has 3 rings (SSSR count). The van der Waals surface area contributed by atoms with Crippen LogP contribution in [0.3, 0.4) is 0 Å². The molecule has 138 valence electrons. The van der Waals surface area contributed by atoms with Crippen molar-refractivity contribution in [2.45, 2.75) is 52.0 Å². The number of carbonyl (C=O) groups is 2. The van der Waals surface area contributed by atoms with E-state index in [2.05, 4.69) is 19.3 Å². The molecule has 1 aromatic rings. The summed E-state index contributed by atoms with van der Waals surface area (Å²) in [5.41, 5.74) is 1.94. The third-order valence-electron chi connectivity index (χ3n) is 5.69. The first-order chi connectivity index (χ1) is 11.9. The van der Waals surface area contributed by atoms with E-state index in [0.717, 1.165) is 55.8 Å². The van der Waals surface area contributed by atoms with Gasteiger partial charge in [-0.2, -0.15) is 0 Å². The third kappa shape index (κ3) is 3.90. The summed E-state index contributed by atoms with van der Waals surface area (Å²) >= 11 is 1.60. The van der Waals surface area contributed by atoms with E-state index in [1.54, 1.807) is 11.3 Å². The molecule has 2 N–H and O–H groups in total. The van der Waals surface area contributed by atoms with Crippen LogP contribution in [0.1, 0.15) is 53.9 Å². The summed E-state index contributed by atoms with van der Waals surface area (Å²) in [6.45, 7) is 5.99. The van der Waals surface area contributed by atoms with Gasteiger partial charge in [0.1, 0.15) is 5.00 Å². The van der Waals surface area contributed by atoms with Gasteiger partial charge in [-0.15, -0.1) is 11.3 Å². The molecular weight excluding hydrogens is 334 g/mol. The topological polar surface area (TPSA) is 53.9 Å². The predicted octanol–water partition coefficient (Wildman–Crippen LogP) is 1.58. The molecular formula is C19H30N3O2S+. The zero-order chi connectivity index (χ0) is 18.1. The third-order valence-corrected chi connectivity index (χ3v) is 6.86. The van der Waals surface area contributed by atoms with E-state index in [0.29, 0.717) is 12.0 Å². The highest BCUT2D eigenvalue weighted by Crippen LogP contribution is 2.40. The van der Waals surface area contributed by atoms with Gasteiger partial charge in [-0.05, 0) is 30.7 Å². The van der Waals surface area contributed by atoms with E-state index in [1.807, 2.05) is 11.9 Å². The molecule has 1 aromatic heterocycles. The van der Waals surface area contributed by atoms with Crippen LogP contribution in [0.25, 0.3) is 0 Å². The minimum Gasteiger partial charge on any atom is -0.338 e. The number of anilines is 1. The summed E-state index contributed by atoms with van der Waals surface area (Å²) in [5, 5.41) is 3.67. The fraction of sp³-hybridized carbons (Fsp3) is 0.684. The first-order valence-electron chi connectivity index (χ1n) is 9.37. The molecule has 1 aliphatic carbocycles. The summed E-state index contributed by atoms with van der Waals surface area (Å²) in [6, 6.07) is 0.305. The van der Waals surface area contributed by atoms with Crippen molar-refractivity contribution in [3.05, 3.63) is 16.0 Å². The molecule has 5 nitrogen and oxygen atoms in total. The van der Waals surface area contributed by atoms with E-state index in [4.69, 9.17) is 0 Å². The van der Waals surface area contributed by atoms with Crippen LogP contribution in [0.2, 0.25) is 0 Å². The van der Waals surface area contributed by atoms with Crippen LogP contribution in [0.15, 0.2) is 0 Å². The Labute approximate surface area is 154 Å². The first kappa shape index (κ1) is 18.4. The van der Waals surface area contributed by atoms with Crippen molar-refractivity contribution in [2.24, 2.45) is 5.92 Å². The molecule has 6 heteroatoms. The van der Waals surface area contributed by atoms with Crippen LogP contribution in [-0.4, -0.2) is 49.9 Å². The first-order valence-corrected chi connectivity index (χ1v) is 10.2. The van der Waals surface area contributed by atoms with Crippen LogP contribution < -0.4 is 10.2 Å². The Morgan fingerprint density at radius 2 is 1.92 bits per heavy atom. The number of hydrogen-bond donors (Lipinski definition) is 2. The number of nitrogens with one attached hydrogen (secondary N) is 2. The van der Waals surface area contributed by atoms with Crippen molar-refractivity contribution in [2.75, 3.05) is 32.5 Å². The molecule has 1 atom stereocenters. The van der Waals surface area contributed by atoms with Crippen LogP contribution in [0.4, 0.5) is 5.00 Å². The summed E-state index contributed by atoms with van der Waals surface area (Å²) in [4.78, 5) is 29.7. The second kappa shape index (κ2) is 7.46. The number of piperidine rings is 1. The van der Waals surface area contributed by atoms with Crippen molar-refractivity contribution >= 4 is 28.2 Å². The minimum absolute atomic E-state index is 0.0837. The number of rotatable bonds is 3. The van der Waals surface area contributed by atoms with Gasteiger partial charge in [0.05, 0.1) is 25.7 Å². The number of hydrogen-bond acceptors (Lipinski definition) is 3. The SMILES string of the molecule is CC(=O)Nc1sc2c(c1C(=O)N(C)C1CC[NH+](C)CC1)CCC(C)C2. The Kier molecular flexibility index (Phi) is 5.49. The number of amides is 2. The Bertz CT molecular complexity index is 662. The van der Waals surface area contributed by atoms with E-state index in [-0.39, 0.29) is 11.8 Å². The lowest BCUT2D eigenvalue weighted by molar-refractivity contribution is -0.885. The monoisotopic (exact) mass is 364 g/mol. The lowest BCUT2D eigenvalue weighted by Gasteiger charge is -2.33. The molecule has 1 unspecified atom stereocenters. The van der Waals surface area contributed by atoms with Gasteiger partial charge in [0.15, 0.2) is 0 Å². The molecule has 0 bridgehead atoms. The normalized spacial score (nSPS) is 26.0. The van der Waals surface area contributed by atoms with Gasteiger partial charge in [0.2, 0.25) is 5.91 Å². The lowest BCUT2D eigenvalue weighted by atomic mass is 9.88. The van der Waals surface area contributed by atoms with Crippen LogP contribution in [-0.2, 0) is 17.6 Å². The zero-order valence-corrected chi connectivity index (χ0v) is 16.6. The molecule has 25 heavy (non-hydrogen) atoms. The van der Waals surface area contributed by atoms with Gasteiger partial charge < -0.3 is 15.1 Å². The minimum atomic E-state index is -0.105. The van der Waals surface area contributed by atoms with E-state index in [1.165, 1.54) is 22.3 Å².